The van der Waals surface area contributed by atoms with Crippen LogP contribution in [0.2, 0.25) is 0 Å². The van der Waals surface area contributed by atoms with E-state index in [1.54, 1.807) is 19.4 Å². The lowest BCUT2D eigenvalue weighted by Gasteiger charge is -2.09. The van der Waals surface area contributed by atoms with Crippen molar-refractivity contribution in [2.24, 2.45) is 0 Å². The number of methoxy groups -OCH3 is 1. The van der Waals surface area contributed by atoms with Gasteiger partial charge in [0.05, 0.1) is 12.5 Å². The van der Waals surface area contributed by atoms with Gasteiger partial charge in [-0.1, -0.05) is 13.3 Å². The molecule has 0 radical (unpaired) electrons. The van der Waals surface area contributed by atoms with Gasteiger partial charge in [0, 0.05) is 18.8 Å². The van der Waals surface area contributed by atoms with Crippen LogP contribution >= 0.6 is 11.6 Å². The lowest BCUT2D eigenvalue weighted by molar-refractivity contribution is 0.397. The van der Waals surface area contributed by atoms with Crippen LogP contribution in [0, 0.1) is 0 Å². The van der Waals surface area contributed by atoms with E-state index in [0.717, 1.165) is 12.8 Å². The molecule has 0 aliphatic carbocycles. The molecule has 0 aliphatic heterocycles. The molecule has 1 rings (SSSR count). The number of halogens is 1. The first kappa shape index (κ1) is 12.0. The van der Waals surface area contributed by atoms with Gasteiger partial charge < -0.3 is 10.1 Å². The topological polar surface area (TPSA) is 47.0 Å². The quantitative estimate of drug-likeness (QED) is 0.761. The summed E-state index contributed by atoms with van der Waals surface area (Å²) in [5.41, 5.74) is 0. The zero-order chi connectivity index (χ0) is 11.1. The Labute approximate surface area is 95.0 Å². The van der Waals surface area contributed by atoms with E-state index in [1.165, 1.54) is 0 Å². The molecule has 0 spiro atoms. The van der Waals surface area contributed by atoms with Gasteiger partial charge in [0.15, 0.2) is 0 Å². The molecule has 15 heavy (non-hydrogen) atoms. The zero-order valence-corrected chi connectivity index (χ0v) is 9.79. The van der Waals surface area contributed by atoms with Crippen LogP contribution < -0.4 is 10.1 Å². The molecule has 0 saturated carbocycles. The molecular formula is C10H16ClN3O. The van der Waals surface area contributed by atoms with E-state index in [2.05, 4.69) is 22.2 Å². The van der Waals surface area contributed by atoms with Crippen molar-refractivity contribution < 1.29 is 4.74 Å². The number of anilines is 1. The number of nitrogens with zero attached hydrogens (tertiary/aromatic N) is 2. The minimum Gasteiger partial charge on any atom is -0.481 e. The predicted octanol–water partition coefficient (Wildman–Crippen LogP) is 2.30. The summed E-state index contributed by atoms with van der Waals surface area (Å²) >= 11 is 6.06. The second kappa shape index (κ2) is 6.45. The Morgan fingerprint density at radius 3 is 3.07 bits per heavy atom. The molecule has 5 heteroatoms. The van der Waals surface area contributed by atoms with Crippen molar-refractivity contribution in [3.8, 4) is 5.88 Å². The molecule has 84 valence electrons. The summed E-state index contributed by atoms with van der Waals surface area (Å²) in [6.45, 7) is 2.78. The number of hydrogen-bond donors (Lipinski definition) is 1. The van der Waals surface area contributed by atoms with Crippen molar-refractivity contribution >= 4 is 17.5 Å². The van der Waals surface area contributed by atoms with Gasteiger partial charge in [-0.3, -0.25) is 0 Å². The highest BCUT2D eigenvalue weighted by atomic mass is 35.5. The van der Waals surface area contributed by atoms with Crippen LogP contribution in [0.1, 0.15) is 19.8 Å². The summed E-state index contributed by atoms with van der Waals surface area (Å²) < 4.78 is 4.99. The fourth-order valence-electron chi connectivity index (χ4n) is 1.16. The normalized spacial score (nSPS) is 12.2. The Balaban J connectivity index is 2.43. The number of hydrogen-bond acceptors (Lipinski definition) is 4. The Bertz CT molecular complexity index is 296. The molecule has 1 N–H and O–H groups in total. The average Bonchev–Trinajstić information content (AvgIpc) is 2.27. The van der Waals surface area contributed by atoms with Crippen molar-refractivity contribution in [3.05, 3.63) is 12.3 Å². The van der Waals surface area contributed by atoms with Crippen molar-refractivity contribution in [3.63, 3.8) is 0 Å². The molecule has 0 amide bonds. The maximum Gasteiger partial charge on any atom is 0.225 e. The van der Waals surface area contributed by atoms with Crippen molar-refractivity contribution in [2.75, 3.05) is 19.0 Å². The van der Waals surface area contributed by atoms with Gasteiger partial charge in [0.25, 0.3) is 0 Å². The fraction of sp³-hybridized carbons (Fsp3) is 0.600. The molecule has 1 unspecified atom stereocenters. The van der Waals surface area contributed by atoms with E-state index in [9.17, 15) is 0 Å². The number of ether oxygens (including phenoxy) is 1. The monoisotopic (exact) mass is 229 g/mol. The highest BCUT2D eigenvalue weighted by Gasteiger charge is 2.04. The SMILES string of the molecule is CCCC(Cl)CNc1nccc(OC)n1. The largest absolute Gasteiger partial charge is 0.481 e. The molecule has 1 aromatic heterocycles. The summed E-state index contributed by atoms with van der Waals surface area (Å²) in [6, 6.07) is 1.70. The maximum absolute atomic E-state index is 6.06. The van der Waals surface area contributed by atoms with E-state index in [-0.39, 0.29) is 5.38 Å². The van der Waals surface area contributed by atoms with E-state index >= 15 is 0 Å². The highest BCUT2D eigenvalue weighted by molar-refractivity contribution is 6.20. The third-order valence-electron chi connectivity index (χ3n) is 1.92. The standard InChI is InChI=1S/C10H16ClN3O/c1-3-4-8(11)7-13-10-12-6-5-9(14-10)15-2/h5-6,8H,3-4,7H2,1-2H3,(H,12,13,14). The molecule has 0 fully saturated rings. The second-order valence-electron chi connectivity index (χ2n) is 3.19. The molecule has 0 bridgehead atoms. The first-order valence-corrected chi connectivity index (χ1v) is 5.45. The van der Waals surface area contributed by atoms with Crippen molar-refractivity contribution in [2.45, 2.75) is 25.1 Å². The van der Waals surface area contributed by atoms with E-state index in [0.29, 0.717) is 18.4 Å². The summed E-state index contributed by atoms with van der Waals surface area (Å²) in [5.74, 6) is 1.10. The Morgan fingerprint density at radius 2 is 2.40 bits per heavy atom. The summed E-state index contributed by atoms with van der Waals surface area (Å²) in [4.78, 5) is 8.18. The molecule has 1 aromatic rings. The minimum absolute atomic E-state index is 0.116. The van der Waals surface area contributed by atoms with Gasteiger partial charge in [0.1, 0.15) is 0 Å². The van der Waals surface area contributed by atoms with Crippen LogP contribution in [0.15, 0.2) is 12.3 Å². The third-order valence-corrected chi connectivity index (χ3v) is 2.30. The van der Waals surface area contributed by atoms with Crippen LogP contribution in [-0.2, 0) is 0 Å². The fourth-order valence-corrected chi connectivity index (χ4v) is 1.45. The molecular weight excluding hydrogens is 214 g/mol. The number of aromatic nitrogens is 2. The second-order valence-corrected chi connectivity index (χ2v) is 3.81. The van der Waals surface area contributed by atoms with Gasteiger partial charge in [-0.15, -0.1) is 11.6 Å². The zero-order valence-electron chi connectivity index (χ0n) is 9.03. The van der Waals surface area contributed by atoms with E-state index < -0.39 is 0 Å². The van der Waals surface area contributed by atoms with Gasteiger partial charge in [0.2, 0.25) is 11.8 Å². The maximum atomic E-state index is 6.06. The van der Waals surface area contributed by atoms with Crippen LogP contribution in [0.25, 0.3) is 0 Å². The summed E-state index contributed by atoms with van der Waals surface area (Å²) in [7, 11) is 1.58. The lowest BCUT2D eigenvalue weighted by atomic mass is 10.2. The van der Waals surface area contributed by atoms with Gasteiger partial charge in [-0.2, -0.15) is 4.98 Å². The Hall–Kier alpha value is -1.03. The molecule has 1 atom stereocenters. The van der Waals surface area contributed by atoms with Gasteiger partial charge in [-0.25, -0.2) is 4.98 Å². The third kappa shape index (κ3) is 4.34. The van der Waals surface area contributed by atoms with Crippen molar-refractivity contribution in [1.82, 2.24) is 9.97 Å². The van der Waals surface area contributed by atoms with Crippen LogP contribution in [0.4, 0.5) is 5.95 Å². The molecule has 0 saturated heterocycles. The van der Waals surface area contributed by atoms with E-state index in [1.807, 2.05) is 0 Å². The van der Waals surface area contributed by atoms with Gasteiger partial charge >= 0.3 is 0 Å². The first-order valence-electron chi connectivity index (χ1n) is 5.01. The van der Waals surface area contributed by atoms with Crippen LogP contribution in [-0.4, -0.2) is 29.0 Å². The molecule has 0 aromatic carbocycles. The number of alkyl halides is 1. The van der Waals surface area contributed by atoms with Crippen LogP contribution in [0.3, 0.4) is 0 Å². The Morgan fingerprint density at radius 1 is 1.60 bits per heavy atom. The average molecular weight is 230 g/mol. The summed E-state index contributed by atoms with van der Waals surface area (Å²) in [5, 5.41) is 3.19. The van der Waals surface area contributed by atoms with E-state index in [4.69, 9.17) is 16.3 Å². The number of rotatable bonds is 6. The first-order chi connectivity index (χ1) is 7.26. The minimum atomic E-state index is 0.116. The van der Waals surface area contributed by atoms with Gasteiger partial charge in [-0.05, 0) is 6.42 Å². The lowest BCUT2D eigenvalue weighted by Crippen LogP contribution is -2.15. The molecule has 4 nitrogen and oxygen atoms in total. The number of nitrogens with one attached hydrogen (secondary N) is 1. The molecule has 0 aliphatic rings. The summed E-state index contributed by atoms with van der Waals surface area (Å²) in [6.07, 6.45) is 3.71. The predicted molar refractivity (Wildman–Crippen MR) is 61.6 cm³/mol. The highest BCUT2D eigenvalue weighted by Crippen LogP contribution is 2.09. The Kier molecular flexibility index (Phi) is 5.18. The van der Waals surface area contributed by atoms with Crippen molar-refractivity contribution in [1.29, 1.82) is 0 Å². The molecule has 1 heterocycles. The smallest absolute Gasteiger partial charge is 0.225 e. The van der Waals surface area contributed by atoms with Crippen LogP contribution in [0.5, 0.6) is 5.88 Å².